The van der Waals surface area contributed by atoms with E-state index in [1.54, 1.807) is 30.2 Å². The monoisotopic (exact) mass is 491 g/mol. The Kier molecular flexibility index (Phi) is 6.09. The van der Waals surface area contributed by atoms with Gasteiger partial charge in [-0.25, -0.2) is 9.97 Å². The molecule has 2 atom stereocenters. The molecule has 12 heteroatoms. The summed E-state index contributed by atoms with van der Waals surface area (Å²) in [4.78, 5) is 20.9. The molecule has 0 spiro atoms. The number of rotatable bonds is 5. The molecule has 1 amide bonds. The predicted molar refractivity (Wildman–Crippen MR) is 116 cm³/mol. The molecule has 1 aliphatic carbocycles. The van der Waals surface area contributed by atoms with Crippen molar-refractivity contribution in [3.05, 3.63) is 52.6 Å². The van der Waals surface area contributed by atoms with Crippen LogP contribution in [0.15, 0.2) is 23.0 Å². The SMILES string of the molecule is Cc1cnc(CNC(=O)c2oc3c(c2C(F)(F)F)-c2nn(C[C@H]4COCCO4)cc2[C@@H](C)C3)nc1. The number of furan rings is 1. The van der Waals surface area contributed by atoms with Crippen LogP contribution in [0.25, 0.3) is 11.3 Å². The van der Waals surface area contributed by atoms with Gasteiger partial charge in [-0.05, 0) is 18.4 Å². The molecule has 5 rings (SSSR count). The first kappa shape index (κ1) is 23.5. The van der Waals surface area contributed by atoms with E-state index in [-0.39, 0.29) is 47.8 Å². The van der Waals surface area contributed by atoms with Crippen LogP contribution in [0.3, 0.4) is 0 Å². The van der Waals surface area contributed by atoms with E-state index < -0.39 is 23.4 Å². The van der Waals surface area contributed by atoms with Crippen LogP contribution in [0.5, 0.6) is 0 Å². The van der Waals surface area contributed by atoms with E-state index in [2.05, 4.69) is 20.4 Å². The van der Waals surface area contributed by atoms with E-state index in [9.17, 15) is 18.0 Å². The summed E-state index contributed by atoms with van der Waals surface area (Å²) in [7, 11) is 0. The summed E-state index contributed by atoms with van der Waals surface area (Å²) in [5.74, 6) is -1.54. The topological polar surface area (TPSA) is 104 Å². The summed E-state index contributed by atoms with van der Waals surface area (Å²) in [5, 5.41) is 6.89. The lowest BCUT2D eigenvalue weighted by Crippen LogP contribution is -2.32. The van der Waals surface area contributed by atoms with Gasteiger partial charge in [0.25, 0.3) is 5.91 Å². The number of halogens is 3. The maximum atomic E-state index is 14.3. The third-order valence-electron chi connectivity index (χ3n) is 6.04. The number of nitrogens with zero attached hydrogens (tertiary/aromatic N) is 4. The summed E-state index contributed by atoms with van der Waals surface area (Å²) < 4.78 is 61.0. The average Bonchev–Trinajstić information content (AvgIpc) is 3.41. The van der Waals surface area contributed by atoms with Crippen molar-refractivity contribution >= 4 is 5.91 Å². The van der Waals surface area contributed by atoms with Crippen molar-refractivity contribution in [2.45, 2.75) is 51.6 Å². The largest absolute Gasteiger partial charge is 0.455 e. The fourth-order valence-electron chi connectivity index (χ4n) is 4.38. The number of fused-ring (bicyclic) bond motifs is 3. The number of alkyl halides is 3. The molecule has 1 saturated heterocycles. The number of amides is 1. The molecule has 9 nitrogen and oxygen atoms in total. The van der Waals surface area contributed by atoms with Crippen molar-refractivity contribution in [2.24, 2.45) is 0 Å². The third-order valence-corrected chi connectivity index (χ3v) is 6.04. The second-order valence-electron chi connectivity index (χ2n) is 8.79. The van der Waals surface area contributed by atoms with Crippen LogP contribution in [0.4, 0.5) is 13.2 Å². The zero-order chi connectivity index (χ0) is 24.7. The highest BCUT2D eigenvalue weighted by Crippen LogP contribution is 2.48. The first-order chi connectivity index (χ1) is 16.7. The molecule has 0 saturated carbocycles. The fourth-order valence-corrected chi connectivity index (χ4v) is 4.38. The molecule has 1 N–H and O–H groups in total. The maximum Gasteiger partial charge on any atom is 0.420 e. The van der Waals surface area contributed by atoms with Crippen LogP contribution in [-0.2, 0) is 35.2 Å². The number of ether oxygens (including phenoxy) is 2. The zero-order valence-corrected chi connectivity index (χ0v) is 19.2. The summed E-state index contributed by atoms with van der Waals surface area (Å²) >= 11 is 0. The van der Waals surface area contributed by atoms with Crippen molar-refractivity contribution in [2.75, 3.05) is 19.8 Å². The second-order valence-corrected chi connectivity index (χ2v) is 8.79. The minimum absolute atomic E-state index is 0.0940. The third kappa shape index (κ3) is 4.67. The Morgan fingerprint density at radius 1 is 1.26 bits per heavy atom. The average molecular weight is 491 g/mol. The van der Waals surface area contributed by atoms with Gasteiger partial charge in [-0.2, -0.15) is 18.3 Å². The molecule has 186 valence electrons. The lowest BCUT2D eigenvalue weighted by atomic mass is 9.86. The minimum atomic E-state index is -4.83. The van der Waals surface area contributed by atoms with Gasteiger partial charge in [0.15, 0.2) is 0 Å². The molecule has 1 aliphatic heterocycles. The molecule has 1 fully saturated rings. The molecule has 0 unspecified atom stereocenters. The van der Waals surface area contributed by atoms with Crippen molar-refractivity contribution in [3.63, 3.8) is 0 Å². The van der Waals surface area contributed by atoms with Gasteiger partial charge in [-0.15, -0.1) is 0 Å². The maximum absolute atomic E-state index is 14.3. The number of nitrogens with one attached hydrogen (secondary N) is 1. The van der Waals surface area contributed by atoms with Gasteiger partial charge in [-0.3, -0.25) is 9.48 Å². The van der Waals surface area contributed by atoms with Gasteiger partial charge in [0.2, 0.25) is 5.76 Å². The number of aromatic nitrogens is 4. The number of carbonyl (C=O) groups excluding carboxylic acids is 1. The highest BCUT2D eigenvalue weighted by atomic mass is 19.4. The number of carbonyl (C=O) groups is 1. The van der Waals surface area contributed by atoms with Gasteiger partial charge in [-0.1, -0.05) is 6.92 Å². The molecular formula is C23H24F3N5O4. The van der Waals surface area contributed by atoms with Crippen LogP contribution >= 0.6 is 0 Å². The van der Waals surface area contributed by atoms with Crippen LogP contribution in [0.2, 0.25) is 0 Å². The summed E-state index contributed by atoms with van der Waals surface area (Å²) in [6.07, 6.45) is 0.00981. The van der Waals surface area contributed by atoms with Gasteiger partial charge >= 0.3 is 6.18 Å². The highest BCUT2D eigenvalue weighted by molar-refractivity contribution is 5.96. The lowest BCUT2D eigenvalue weighted by Gasteiger charge is -2.22. The summed E-state index contributed by atoms with van der Waals surface area (Å²) in [6, 6.07) is 0. The number of hydrogen-bond acceptors (Lipinski definition) is 7. The second kappa shape index (κ2) is 9.08. The number of hydrogen-bond donors (Lipinski definition) is 1. The van der Waals surface area contributed by atoms with E-state index in [4.69, 9.17) is 13.9 Å². The van der Waals surface area contributed by atoms with Crippen molar-refractivity contribution < 1.29 is 31.9 Å². The molecule has 3 aromatic heterocycles. The molecule has 4 heterocycles. The first-order valence-electron chi connectivity index (χ1n) is 11.3. The van der Waals surface area contributed by atoms with Crippen LogP contribution in [0, 0.1) is 6.92 Å². The highest BCUT2D eigenvalue weighted by Gasteiger charge is 2.46. The molecule has 0 aromatic carbocycles. The van der Waals surface area contributed by atoms with Crippen LogP contribution in [0.1, 0.15) is 51.7 Å². The quantitative estimate of drug-likeness (QED) is 0.584. The van der Waals surface area contributed by atoms with E-state index in [0.717, 1.165) is 5.56 Å². The minimum Gasteiger partial charge on any atom is -0.455 e. The summed E-state index contributed by atoms with van der Waals surface area (Å²) in [6.45, 7) is 5.26. The molecule has 0 bridgehead atoms. The van der Waals surface area contributed by atoms with Crippen LogP contribution < -0.4 is 5.32 Å². The molecule has 2 aliphatic rings. The first-order valence-corrected chi connectivity index (χ1v) is 11.3. The van der Waals surface area contributed by atoms with Crippen molar-refractivity contribution in [1.82, 2.24) is 25.1 Å². The van der Waals surface area contributed by atoms with E-state index in [1.807, 2.05) is 6.92 Å². The molecule has 0 radical (unpaired) electrons. The number of aryl methyl sites for hydroxylation is 1. The lowest BCUT2D eigenvalue weighted by molar-refractivity contribution is -0.137. The van der Waals surface area contributed by atoms with Gasteiger partial charge in [0.1, 0.15) is 23.3 Å². The Labute approximate surface area is 198 Å². The Morgan fingerprint density at radius 2 is 2.03 bits per heavy atom. The zero-order valence-electron chi connectivity index (χ0n) is 19.2. The normalized spacial score (nSPS) is 19.8. The molecule has 3 aromatic rings. The Morgan fingerprint density at radius 3 is 2.71 bits per heavy atom. The predicted octanol–water partition coefficient (Wildman–Crippen LogP) is 3.27. The Bertz CT molecular complexity index is 1230. The van der Waals surface area contributed by atoms with Gasteiger partial charge in [0, 0.05) is 30.6 Å². The standard InChI is InChI=1S/C23H24F3N5O4/c1-12-6-27-17(28-7-12)8-29-22(32)21-19(23(24,25)26)18-16(35-21)5-13(2)15-10-31(30-20(15)18)9-14-11-33-3-4-34-14/h6-7,10,13-14H,3-5,8-9,11H2,1-2H3,(H,29,32)/t13-,14-/m0/s1. The fraction of sp³-hybridized carbons (Fsp3) is 0.478. The molecule has 35 heavy (non-hydrogen) atoms. The molecular weight excluding hydrogens is 467 g/mol. The van der Waals surface area contributed by atoms with Crippen molar-refractivity contribution in [1.29, 1.82) is 0 Å². The van der Waals surface area contributed by atoms with E-state index in [1.165, 1.54) is 0 Å². The van der Waals surface area contributed by atoms with Gasteiger partial charge in [0.05, 0.1) is 44.2 Å². The van der Waals surface area contributed by atoms with E-state index >= 15 is 0 Å². The van der Waals surface area contributed by atoms with Gasteiger partial charge < -0.3 is 19.2 Å². The Balaban J connectivity index is 1.47. The Hall–Kier alpha value is -3.25. The van der Waals surface area contributed by atoms with E-state index in [0.29, 0.717) is 31.9 Å². The van der Waals surface area contributed by atoms with Crippen molar-refractivity contribution in [3.8, 4) is 11.3 Å². The smallest absolute Gasteiger partial charge is 0.420 e. The summed E-state index contributed by atoms with van der Waals surface area (Å²) in [5.41, 5.74) is 0.366. The van der Waals surface area contributed by atoms with Crippen LogP contribution in [-0.4, -0.2) is 51.6 Å².